The lowest BCUT2D eigenvalue weighted by molar-refractivity contribution is 0.102. The molecule has 0 spiro atoms. The molecule has 27 heavy (non-hydrogen) atoms. The van der Waals surface area contributed by atoms with Gasteiger partial charge < -0.3 is 14.8 Å². The average Bonchev–Trinajstić information content (AvgIpc) is 3.25. The summed E-state index contributed by atoms with van der Waals surface area (Å²) in [5, 5.41) is 6.84. The molecule has 0 aliphatic rings. The molecule has 0 aliphatic carbocycles. The van der Waals surface area contributed by atoms with Gasteiger partial charge in [-0.2, -0.15) is 0 Å². The number of nitrogens with zero attached hydrogens (tertiary/aromatic N) is 2. The Kier molecular flexibility index (Phi) is 4.24. The van der Waals surface area contributed by atoms with Crippen LogP contribution in [0, 0.1) is 6.92 Å². The third kappa shape index (κ3) is 3.21. The number of aryl methyl sites for hydroxylation is 1. The Hall–Kier alpha value is -3.41. The smallest absolute Gasteiger partial charge is 0.261 e. The lowest BCUT2D eigenvalue weighted by atomic mass is 10.0. The summed E-state index contributed by atoms with van der Waals surface area (Å²) in [5.41, 5.74) is 4.67. The highest BCUT2D eigenvalue weighted by atomic mass is 16.5. The first-order valence-corrected chi connectivity index (χ1v) is 8.85. The van der Waals surface area contributed by atoms with Crippen molar-refractivity contribution in [2.75, 3.05) is 5.32 Å². The normalized spacial score (nSPS) is 11.3. The van der Waals surface area contributed by atoms with Gasteiger partial charge in [0.15, 0.2) is 5.76 Å². The van der Waals surface area contributed by atoms with Crippen LogP contribution in [0.4, 0.5) is 5.69 Å². The number of rotatable bonds is 4. The molecule has 1 amide bonds. The van der Waals surface area contributed by atoms with E-state index in [0.29, 0.717) is 22.7 Å². The molecular weight excluding hydrogens is 340 g/mol. The van der Waals surface area contributed by atoms with Gasteiger partial charge in [-0.15, -0.1) is 0 Å². The van der Waals surface area contributed by atoms with Crippen LogP contribution in [0.5, 0.6) is 0 Å². The van der Waals surface area contributed by atoms with E-state index in [9.17, 15) is 4.79 Å². The van der Waals surface area contributed by atoms with Crippen LogP contribution >= 0.6 is 0 Å². The summed E-state index contributed by atoms with van der Waals surface area (Å²) in [6.07, 6.45) is 0. The van der Waals surface area contributed by atoms with Crippen molar-refractivity contribution < 1.29 is 9.32 Å². The van der Waals surface area contributed by atoms with Crippen molar-refractivity contribution in [2.24, 2.45) is 0 Å². The monoisotopic (exact) mass is 360 g/mol. The molecule has 2 N–H and O–H groups in total. The molecule has 0 atom stereocenters. The number of aromatic nitrogens is 3. The van der Waals surface area contributed by atoms with Crippen molar-refractivity contribution >= 4 is 22.6 Å². The van der Waals surface area contributed by atoms with Crippen LogP contribution < -0.4 is 5.32 Å². The first-order chi connectivity index (χ1) is 13.0. The maximum absolute atomic E-state index is 12.7. The van der Waals surface area contributed by atoms with E-state index in [1.807, 2.05) is 62.4 Å². The van der Waals surface area contributed by atoms with Gasteiger partial charge in [-0.3, -0.25) is 4.79 Å². The highest BCUT2D eigenvalue weighted by Gasteiger charge is 2.22. The second kappa shape index (κ2) is 6.72. The number of carbonyl (C=O) groups is 1. The van der Waals surface area contributed by atoms with Crippen LogP contribution in [0.1, 0.15) is 41.6 Å². The number of fused-ring (bicyclic) bond motifs is 1. The molecule has 2 heterocycles. The van der Waals surface area contributed by atoms with Crippen molar-refractivity contribution in [3.63, 3.8) is 0 Å². The van der Waals surface area contributed by atoms with Crippen molar-refractivity contribution in [2.45, 2.75) is 26.7 Å². The standard InChI is InChI=1S/C21H20N4O2/c1-12(2)19-18(13(3)25-27-19)21(26)22-15-10-8-14(9-11-15)20-23-16-6-4-5-7-17(16)24-20/h4-12H,1-3H3,(H,22,26)(H,23,24). The summed E-state index contributed by atoms with van der Waals surface area (Å²) in [6, 6.07) is 15.5. The number of nitrogens with one attached hydrogen (secondary N) is 2. The van der Waals surface area contributed by atoms with Gasteiger partial charge in [0, 0.05) is 17.2 Å². The number of hydrogen-bond acceptors (Lipinski definition) is 4. The van der Waals surface area contributed by atoms with E-state index in [1.165, 1.54) is 0 Å². The fraction of sp³-hybridized carbons (Fsp3) is 0.190. The molecule has 0 fully saturated rings. The minimum absolute atomic E-state index is 0.0856. The molecule has 2 aromatic heterocycles. The molecule has 0 aliphatic heterocycles. The Balaban J connectivity index is 1.56. The Bertz CT molecular complexity index is 1070. The van der Waals surface area contributed by atoms with E-state index >= 15 is 0 Å². The van der Waals surface area contributed by atoms with Gasteiger partial charge in [0.05, 0.1) is 16.7 Å². The zero-order valence-corrected chi connectivity index (χ0v) is 15.4. The summed E-state index contributed by atoms with van der Waals surface area (Å²) in [4.78, 5) is 20.6. The number of benzene rings is 2. The first kappa shape index (κ1) is 17.0. The highest BCUT2D eigenvalue weighted by molar-refractivity contribution is 6.05. The van der Waals surface area contributed by atoms with E-state index < -0.39 is 0 Å². The molecule has 6 heteroatoms. The third-order valence-corrected chi connectivity index (χ3v) is 4.45. The molecule has 0 bridgehead atoms. The molecule has 4 rings (SSSR count). The second-order valence-corrected chi connectivity index (χ2v) is 6.80. The van der Waals surface area contributed by atoms with E-state index in [1.54, 1.807) is 6.92 Å². The molecule has 0 saturated heterocycles. The SMILES string of the molecule is Cc1noc(C(C)C)c1C(=O)Nc1ccc(-c2nc3ccccc3[nH]2)cc1. The van der Waals surface area contributed by atoms with E-state index in [0.717, 1.165) is 22.4 Å². The van der Waals surface area contributed by atoms with Crippen molar-refractivity contribution in [3.05, 3.63) is 65.5 Å². The fourth-order valence-corrected chi connectivity index (χ4v) is 3.05. The molecule has 136 valence electrons. The van der Waals surface area contributed by atoms with Crippen molar-refractivity contribution in [1.82, 2.24) is 15.1 Å². The third-order valence-electron chi connectivity index (χ3n) is 4.45. The zero-order chi connectivity index (χ0) is 19.0. The summed E-state index contributed by atoms with van der Waals surface area (Å²) in [7, 11) is 0. The Labute approximate surface area is 156 Å². The van der Waals surface area contributed by atoms with E-state index in [-0.39, 0.29) is 11.8 Å². The highest BCUT2D eigenvalue weighted by Crippen LogP contribution is 2.25. The number of imidazole rings is 1. The Morgan fingerprint density at radius 2 is 1.85 bits per heavy atom. The maximum atomic E-state index is 12.7. The zero-order valence-electron chi connectivity index (χ0n) is 15.4. The number of hydrogen-bond donors (Lipinski definition) is 2. The second-order valence-electron chi connectivity index (χ2n) is 6.80. The number of aromatic amines is 1. The Morgan fingerprint density at radius 3 is 2.56 bits per heavy atom. The van der Waals surface area contributed by atoms with Gasteiger partial charge in [0.2, 0.25) is 0 Å². The molecule has 0 unspecified atom stereocenters. The predicted octanol–water partition coefficient (Wildman–Crippen LogP) is 4.90. The van der Waals surface area contributed by atoms with E-state index in [2.05, 4.69) is 20.4 Å². The molecule has 2 aromatic carbocycles. The van der Waals surface area contributed by atoms with Crippen LogP contribution in [0.2, 0.25) is 0 Å². The van der Waals surface area contributed by atoms with Gasteiger partial charge in [-0.25, -0.2) is 4.98 Å². The number of para-hydroxylation sites is 2. The largest absolute Gasteiger partial charge is 0.360 e. The van der Waals surface area contributed by atoms with Gasteiger partial charge in [0.25, 0.3) is 5.91 Å². The van der Waals surface area contributed by atoms with Gasteiger partial charge in [-0.05, 0) is 43.3 Å². The van der Waals surface area contributed by atoms with Gasteiger partial charge >= 0.3 is 0 Å². The van der Waals surface area contributed by atoms with Gasteiger partial charge in [0.1, 0.15) is 11.4 Å². The van der Waals surface area contributed by atoms with Gasteiger partial charge in [-0.1, -0.05) is 31.1 Å². The lowest BCUT2D eigenvalue weighted by Gasteiger charge is -2.07. The number of carbonyl (C=O) groups excluding carboxylic acids is 1. The Morgan fingerprint density at radius 1 is 1.11 bits per heavy atom. The number of anilines is 1. The predicted molar refractivity (Wildman–Crippen MR) is 105 cm³/mol. The van der Waals surface area contributed by atoms with Crippen molar-refractivity contribution in [3.8, 4) is 11.4 Å². The summed E-state index contributed by atoms with van der Waals surface area (Å²) in [6.45, 7) is 5.71. The van der Waals surface area contributed by atoms with Crippen LogP contribution in [0.25, 0.3) is 22.4 Å². The van der Waals surface area contributed by atoms with Crippen molar-refractivity contribution in [1.29, 1.82) is 0 Å². The molecule has 6 nitrogen and oxygen atoms in total. The van der Waals surface area contributed by atoms with Crippen LogP contribution in [0.15, 0.2) is 53.1 Å². The minimum Gasteiger partial charge on any atom is -0.360 e. The summed E-state index contributed by atoms with van der Waals surface area (Å²) < 4.78 is 5.30. The maximum Gasteiger partial charge on any atom is 0.261 e. The van der Waals surface area contributed by atoms with E-state index in [4.69, 9.17) is 4.52 Å². The minimum atomic E-state index is -0.214. The molecule has 0 saturated carbocycles. The number of H-pyrrole nitrogens is 1. The number of amides is 1. The summed E-state index contributed by atoms with van der Waals surface area (Å²) >= 11 is 0. The topological polar surface area (TPSA) is 83.8 Å². The first-order valence-electron chi connectivity index (χ1n) is 8.85. The molecule has 0 radical (unpaired) electrons. The average molecular weight is 360 g/mol. The van der Waals surface area contributed by atoms with Crippen LogP contribution in [-0.4, -0.2) is 21.0 Å². The fourth-order valence-electron chi connectivity index (χ4n) is 3.05. The molecule has 4 aromatic rings. The van der Waals surface area contributed by atoms with Crippen LogP contribution in [0.3, 0.4) is 0 Å². The summed E-state index contributed by atoms with van der Waals surface area (Å²) in [5.74, 6) is 1.27. The quantitative estimate of drug-likeness (QED) is 0.542. The van der Waals surface area contributed by atoms with Crippen LogP contribution in [-0.2, 0) is 0 Å². The lowest BCUT2D eigenvalue weighted by Crippen LogP contribution is -2.14. The molecular formula is C21H20N4O2.